The highest BCUT2D eigenvalue weighted by molar-refractivity contribution is 7.13. The SMILES string of the molecule is COc1ccc(C(CNC(=O)Nc2nncs2)N(C)C)cc1. The largest absolute Gasteiger partial charge is 0.497 e. The Balaban J connectivity index is 1.95. The van der Waals surface area contributed by atoms with E-state index in [1.807, 2.05) is 43.3 Å². The van der Waals surface area contributed by atoms with Gasteiger partial charge >= 0.3 is 6.03 Å². The van der Waals surface area contributed by atoms with Gasteiger partial charge in [0.1, 0.15) is 11.3 Å². The molecule has 2 amide bonds. The van der Waals surface area contributed by atoms with Gasteiger partial charge in [-0.15, -0.1) is 10.2 Å². The van der Waals surface area contributed by atoms with Crippen molar-refractivity contribution in [2.45, 2.75) is 6.04 Å². The van der Waals surface area contributed by atoms with E-state index in [9.17, 15) is 4.79 Å². The minimum absolute atomic E-state index is 0.0612. The van der Waals surface area contributed by atoms with Gasteiger partial charge in [0, 0.05) is 6.54 Å². The zero-order chi connectivity index (χ0) is 15.9. The van der Waals surface area contributed by atoms with E-state index in [-0.39, 0.29) is 12.1 Å². The lowest BCUT2D eigenvalue weighted by atomic mass is 10.1. The number of carbonyl (C=O) groups is 1. The van der Waals surface area contributed by atoms with Crippen LogP contribution in [0.2, 0.25) is 0 Å². The van der Waals surface area contributed by atoms with E-state index < -0.39 is 0 Å². The Morgan fingerprint density at radius 3 is 2.64 bits per heavy atom. The number of carbonyl (C=O) groups excluding carboxylic acids is 1. The van der Waals surface area contributed by atoms with Gasteiger partial charge in [-0.3, -0.25) is 5.32 Å². The summed E-state index contributed by atoms with van der Waals surface area (Å²) in [6.07, 6.45) is 0. The number of benzene rings is 1. The number of rotatable bonds is 6. The van der Waals surface area contributed by atoms with Gasteiger partial charge in [0.05, 0.1) is 13.2 Å². The Labute approximate surface area is 133 Å². The molecule has 1 atom stereocenters. The summed E-state index contributed by atoms with van der Waals surface area (Å²) in [5, 5.41) is 13.4. The maximum Gasteiger partial charge on any atom is 0.321 e. The maximum atomic E-state index is 11.8. The van der Waals surface area contributed by atoms with Gasteiger partial charge in [-0.25, -0.2) is 4.79 Å². The van der Waals surface area contributed by atoms with E-state index in [2.05, 4.69) is 20.8 Å². The highest BCUT2D eigenvalue weighted by Crippen LogP contribution is 2.20. The van der Waals surface area contributed by atoms with Crippen molar-refractivity contribution in [3.05, 3.63) is 35.3 Å². The summed E-state index contributed by atoms with van der Waals surface area (Å²) in [6.45, 7) is 0.476. The van der Waals surface area contributed by atoms with Crippen molar-refractivity contribution in [3.63, 3.8) is 0 Å². The Hall–Kier alpha value is -2.19. The smallest absolute Gasteiger partial charge is 0.321 e. The number of likely N-dealkylation sites (N-methyl/N-ethyl adjacent to an activating group) is 1. The normalized spacial score (nSPS) is 12.0. The molecule has 0 aliphatic rings. The average molecular weight is 321 g/mol. The predicted molar refractivity (Wildman–Crippen MR) is 86.4 cm³/mol. The topological polar surface area (TPSA) is 79.4 Å². The van der Waals surface area contributed by atoms with Crippen LogP contribution in [-0.4, -0.2) is 48.9 Å². The summed E-state index contributed by atoms with van der Waals surface area (Å²) >= 11 is 1.27. The van der Waals surface area contributed by atoms with Crippen molar-refractivity contribution in [2.24, 2.45) is 0 Å². The second-order valence-electron chi connectivity index (χ2n) is 4.83. The van der Waals surface area contributed by atoms with Crippen LogP contribution in [0, 0.1) is 0 Å². The summed E-state index contributed by atoms with van der Waals surface area (Å²) in [4.78, 5) is 13.9. The van der Waals surface area contributed by atoms with Crippen LogP contribution in [0.15, 0.2) is 29.8 Å². The summed E-state index contributed by atoms with van der Waals surface area (Å²) in [5.41, 5.74) is 2.66. The standard InChI is InChI=1S/C14H19N5O2S/c1-19(2)12(10-4-6-11(21-3)7-5-10)8-15-13(20)17-14-18-16-9-22-14/h4-7,9,12H,8H2,1-3H3,(H2,15,17,18,20). The Kier molecular flexibility index (Phi) is 5.68. The van der Waals surface area contributed by atoms with Gasteiger partial charge in [-0.05, 0) is 31.8 Å². The maximum absolute atomic E-state index is 11.8. The monoisotopic (exact) mass is 321 g/mol. The number of aromatic nitrogens is 2. The molecule has 0 fully saturated rings. The Morgan fingerprint density at radius 2 is 2.09 bits per heavy atom. The molecule has 0 spiro atoms. The average Bonchev–Trinajstić information content (AvgIpc) is 3.00. The summed E-state index contributed by atoms with van der Waals surface area (Å²) in [6, 6.07) is 7.57. The molecule has 2 rings (SSSR count). The van der Waals surface area contributed by atoms with E-state index >= 15 is 0 Å². The highest BCUT2D eigenvalue weighted by Gasteiger charge is 2.15. The molecule has 0 aliphatic carbocycles. The molecule has 2 N–H and O–H groups in total. The molecule has 8 heteroatoms. The zero-order valence-corrected chi connectivity index (χ0v) is 13.6. The fraction of sp³-hybridized carbons (Fsp3) is 0.357. The van der Waals surface area contributed by atoms with E-state index in [0.717, 1.165) is 11.3 Å². The van der Waals surface area contributed by atoms with Crippen molar-refractivity contribution >= 4 is 22.5 Å². The number of nitrogens with zero attached hydrogens (tertiary/aromatic N) is 3. The van der Waals surface area contributed by atoms with Crippen LogP contribution in [-0.2, 0) is 0 Å². The molecule has 7 nitrogen and oxygen atoms in total. The van der Waals surface area contributed by atoms with Crippen molar-refractivity contribution in [3.8, 4) is 5.75 Å². The molecule has 1 heterocycles. The number of urea groups is 1. The van der Waals surface area contributed by atoms with Gasteiger partial charge in [-0.2, -0.15) is 0 Å². The van der Waals surface area contributed by atoms with Gasteiger partial charge in [0.2, 0.25) is 5.13 Å². The molecule has 1 unspecified atom stereocenters. The molecule has 22 heavy (non-hydrogen) atoms. The van der Waals surface area contributed by atoms with Gasteiger partial charge in [0.15, 0.2) is 0 Å². The molecule has 1 aromatic heterocycles. The van der Waals surface area contributed by atoms with Crippen molar-refractivity contribution < 1.29 is 9.53 Å². The van der Waals surface area contributed by atoms with E-state index in [1.54, 1.807) is 12.6 Å². The minimum atomic E-state index is -0.294. The van der Waals surface area contributed by atoms with E-state index in [1.165, 1.54) is 11.3 Å². The lowest BCUT2D eigenvalue weighted by molar-refractivity contribution is 0.243. The molecule has 0 saturated carbocycles. The van der Waals surface area contributed by atoms with E-state index in [0.29, 0.717) is 11.7 Å². The van der Waals surface area contributed by atoms with Crippen molar-refractivity contribution in [2.75, 3.05) is 33.1 Å². The lowest BCUT2D eigenvalue weighted by Gasteiger charge is -2.25. The summed E-state index contributed by atoms with van der Waals surface area (Å²) in [7, 11) is 5.58. The molecule has 0 bridgehead atoms. The summed E-state index contributed by atoms with van der Waals surface area (Å²) in [5.74, 6) is 0.809. The first kappa shape index (κ1) is 16.2. The van der Waals surface area contributed by atoms with Crippen LogP contribution in [0.1, 0.15) is 11.6 Å². The number of nitrogens with one attached hydrogen (secondary N) is 2. The molecule has 2 aromatic rings. The Bertz CT molecular complexity index is 586. The fourth-order valence-electron chi connectivity index (χ4n) is 1.98. The molecule has 118 valence electrons. The molecule has 1 aromatic carbocycles. The predicted octanol–water partition coefficient (Wildman–Crippen LogP) is 1.97. The number of methoxy groups -OCH3 is 1. The molecule has 0 aliphatic heterocycles. The number of ether oxygens (including phenoxy) is 1. The quantitative estimate of drug-likeness (QED) is 0.850. The first-order chi connectivity index (χ1) is 10.6. The van der Waals surface area contributed by atoms with Crippen molar-refractivity contribution in [1.29, 1.82) is 0 Å². The molecule has 0 radical (unpaired) electrons. The number of hydrogen-bond acceptors (Lipinski definition) is 6. The van der Waals surface area contributed by atoms with Gasteiger partial charge < -0.3 is 15.0 Å². The van der Waals surface area contributed by atoms with Gasteiger partial charge in [0.25, 0.3) is 0 Å². The molecular formula is C14H19N5O2S. The highest BCUT2D eigenvalue weighted by atomic mass is 32.1. The van der Waals surface area contributed by atoms with Crippen molar-refractivity contribution in [1.82, 2.24) is 20.4 Å². The third-order valence-corrected chi connectivity index (χ3v) is 3.77. The van der Waals surface area contributed by atoms with Crippen LogP contribution in [0.4, 0.5) is 9.93 Å². The van der Waals surface area contributed by atoms with Crippen LogP contribution in [0.5, 0.6) is 5.75 Å². The first-order valence-corrected chi connectivity index (χ1v) is 7.59. The lowest BCUT2D eigenvalue weighted by Crippen LogP contribution is -2.36. The second-order valence-corrected chi connectivity index (χ2v) is 5.66. The minimum Gasteiger partial charge on any atom is -0.497 e. The van der Waals surface area contributed by atoms with Crippen LogP contribution in [0.3, 0.4) is 0 Å². The third-order valence-electron chi connectivity index (χ3n) is 3.16. The van der Waals surface area contributed by atoms with Gasteiger partial charge in [-0.1, -0.05) is 23.5 Å². The first-order valence-electron chi connectivity index (χ1n) is 6.71. The van der Waals surface area contributed by atoms with E-state index in [4.69, 9.17) is 4.74 Å². The van der Waals surface area contributed by atoms with Crippen LogP contribution in [0.25, 0.3) is 0 Å². The van der Waals surface area contributed by atoms with Crippen LogP contribution < -0.4 is 15.4 Å². The molecule has 0 saturated heterocycles. The second kappa shape index (κ2) is 7.71. The summed E-state index contributed by atoms with van der Waals surface area (Å²) < 4.78 is 5.16. The third kappa shape index (κ3) is 4.40. The fourth-order valence-corrected chi connectivity index (χ4v) is 2.42. The number of hydrogen-bond donors (Lipinski definition) is 2. The van der Waals surface area contributed by atoms with Crippen LogP contribution >= 0.6 is 11.3 Å². The number of amides is 2. The number of anilines is 1. The zero-order valence-electron chi connectivity index (χ0n) is 12.7. The Morgan fingerprint density at radius 1 is 1.36 bits per heavy atom. The molecular weight excluding hydrogens is 302 g/mol.